The molecule has 0 spiro atoms. The van der Waals surface area contributed by atoms with Crippen LogP contribution in [-0.2, 0) is 0 Å². The maximum Gasteiger partial charge on any atom is 0.0594 e. The number of rotatable bonds is 1. The number of nitrogens with zero attached hydrogens (tertiary/aromatic N) is 1. The fourth-order valence-electron chi connectivity index (χ4n) is 1.20. The Labute approximate surface area is 65.6 Å². The van der Waals surface area contributed by atoms with Crippen molar-refractivity contribution in [1.82, 2.24) is 10.3 Å². The van der Waals surface area contributed by atoms with Gasteiger partial charge < -0.3 is 11.1 Å². The molecule has 2 heterocycles. The minimum Gasteiger partial charge on any atom is -0.399 e. The summed E-state index contributed by atoms with van der Waals surface area (Å²) in [6, 6.07) is 4.18. The van der Waals surface area contributed by atoms with Crippen LogP contribution in [0.4, 0.5) is 5.69 Å². The van der Waals surface area contributed by atoms with Crippen molar-refractivity contribution in [2.24, 2.45) is 0 Å². The second-order valence-electron chi connectivity index (χ2n) is 2.81. The minimum absolute atomic E-state index is 0.443. The van der Waals surface area contributed by atoms with Crippen LogP contribution in [0.25, 0.3) is 0 Å². The molecule has 1 saturated heterocycles. The quantitative estimate of drug-likeness (QED) is 0.618. The predicted molar refractivity (Wildman–Crippen MR) is 44.0 cm³/mol. The molecule has 3 N–H and O–H groups in total. The first-order chi connectivity index (χ1) is 5.36. The summed E-state index contributed by atoms with van der Waals surface area (Å²) in [6.07, 6.45) is 2.93. The summed E-state index contributed by atoms with van der Waals surface area (Å²) in [4.78, 5) is 4.22. The highest BCUT2D eigenvalue weighted by molar-refractivity contribution is 5.38. The number of hydrogen-bond acceptors (Lipinski definition) is 3. The van der Waals surface area contributed by atoms with E-state index in [-0.39, 0.29) is 0 Å². The van der Waals surface area contributed by atoms with Gasteiger partial charge in [-0.25, -0.2) is 0 Å². The monoisotopic (exact) mass is 149 g/mol. The first kappa shape index (κ1) is 6.61. The molecule has 1 aromatic rings. The summed E-state index contributed by atoms with van der Waals surface area (Å²) in [7, 11) is 0. The highest BCUT2D eigenvalue weighted by Gasteiger charge is 2.19. The predicted octanol–water partition coefficient (Wildman–Crippen LogP) is 0.698. The molecule has 1 fully saturated rings. The van der Waals surface area contributed by atoms with Crippen LogP contribution < -0.4 is 11.1 Å². The van der Waals surface area contributed by atoms with E-state index in [9.17, 15) is 0 Å². The summed E-state index contributed by atoms with van der Waals surface area (Å²) >= 11 is 0. The van der Waals surface area contributed by atoms with Gasteiger partial charge in [0.1, 0.15) is 0 Å². The molecule has 3 heteroatoms. The lowest BCUT2D eigenvalue weighted by atomic mass is 10.0. The Hall–Kier alpha value is -1.09. The van der Waals surface area contributed by atoms with Gasteiger partial charge in [-0.15, -0.1) is 0 Å². The molecule has 1 aliphatic heterocycles. The Morgan fingerprint density at radius 2 is 2.45 bits per heavy atom. The molecule has 1 aromatic heterocycles. The van der Waals surface area contributed by atoms with Crippen LogP contribution in [0.3, 0.4) is 0 Å². The Balaban J connectivity index is 2.23. The van der Waals surface area contributed by atoms with Crippen molar-refractivity contribution in [2.45, 2.75) is 12.5 Å². The van der Waals surface area contributed by atoms with Gasteiger partial charge in [0.05, 0.1) is 11.7 Å². The van der Waals surface area contributed by atoms with Crippen molar-refractivity contribution in [3.8, 4) is 0 Å². The topological polar surface area (TPSA) is 50.9 Å². The van der Waals surface area contributed by atoms with Gasteiger partial charge in [-0.1, -0.05) is 0 Å². The Morgan fingerprint density at radius 3 is 3.00 bits per heavy atom. The lowest BCUT2D eigenvalue weighted by Gasteiger charge is -2.26. The zero-order chi connectivity index (χ0) is 7.68. The zero-order valence-corrected chi connectivity index (χ0v) is 6.25. The molecule has 0 bridgehead atoms. The minimum atomic E-state index is 0.443. The molecule has 1 atom stereocenters. The molecule has 2 rings (SSSR count). The van der Waals surface area contributed by atoms with Crippen molar-refractivity contribution < 1.29 is 0 Å². The van der Waals surface area contributed by atoms with E-state index in [0.29, 0.717) is 6.04 Å². The van der Waals surface area contributed by atoms with Gasteiger partial charge in [-0.3, -0.25) is 4.98 Å². The Kier molecular flexibility index (Phi) is 1.51. The van der Waals surface area contributed by atoms with Crippen LogP contribution in [-0.4, -0.2) is 11.5 Å². The molecule has 0 amide bonds. The molecule has 0 aliphatic carbocycles. The summed E-state index contributed by atoms with van der Waals surface area (Å²) in [5.74, 6) is 0. The molecule has 0 aromatic carbocycles. The van der Waals surface area contributed by atoms with Crippen LogP contribution in [0.5, 0.6) is 0 Å². The van der Waals surface area contributed by atoms with Gasteiger partial charge in [0, 0.05) is 11.9 Å². The summed E-state index contributed by atoms with van der Waals surface area (Å²) < 4.78 is 0. The number of pyridine rings is 1. The lowest BCUT2D eigenvalue weighted by molar-refractivity contribution is 0.375. The number of aromatic nitrogens is 1. The molecule has 0 radical (unpaired) electrons. The fraction of sp³-hybridized carbons (Fsp3) is 0.375. The maximum atomic E-state index is 5.61. The van der Waals surface area contributed by atoms with Gasteiger partial charge in [-0.2, -0.15) is 0 Å². The second-order valence-corrected chi connectivity index (χ2v) is 2.81. The molecule has 0 saturated carbocycles. The van der Waals surface area contributed by atoms with Crippen molar-refractivity contribution in [3.05, 3.63) is 24.0 Å². The smallest absolute Gasteiger partial charge is 0.0594 e. The third-order valence-corrected chi connectivity index (χ3v) is 1.99. The van der Waals surface area contributed by atoms with Crippen LogP contribution in [0, 0.1) is 0 Å². The highest BCUT2D eigenvalue weighted by atomic mass is 15.0. The number of nitrogen functional groups attached to an aromatic ring is 1. The summed E-state index contributed by atoms with van der Waals surface area (Å²) in [5, 5.41) is 3.27. The molecule has 1 unspecified atom stereocenters. The van der Waals surface area contributed by atoms with Crippen molar-refractivity contribution in [1.29, 1.82) is 0 Å². The third-order valence-electron chi connectivity index (χ3n) is 1.99. The van der Waals surface area contributed by atoms with E-state index in [1.165, 1.54) is 6.42 Å². The molecular weight excluding hydrogens is 138 g/mol. The highest BCUT2D eigenvalue weighted by Crippen LogP contribution is 2.21. The van der Waals surface area contributed by atoms with Gasteiger partial charge in [0.25, 0.3) is 0 Å². The van der Waals surface area contributed by atoms with Gasteiger partial charge >= 0.3 is 0 Å². The average molecular weight is 149 g/mol. The van der Waals surface area contributed by atoms with E-state index in [1.807, 2.05) is 12.1 Å². The van der Waals surface area contributed by atoms with Crippen molar-refractivity contribution in [3.63, 3.8) is 0 Å². The van der Waals surface area contributed by atoms with Crippen molar-refractivity contribution in [2.75, 3.05) is 12.3 Å². The van der Waals surface area contributed by atoms with Crippen LogP contribution in [0.15, 0.2) is 18.3 Å². The van der Waals surface area contributed by atoms with E-state index in [1.54, 1.807) is 6.20 Å². The summed E-state index contributed by atoms with van der Waals surface area (Å²) in [6.45, 7) is 1.10. The first-order valence-corrected chi connectivity index (χ1v) is 3.81. The first-order valence-electron chi connectivity index (χ1n) is 3.81. The van der Waals surface area contributed by atoms with Crippen molar-refractivity contribution >= 4 is 5.69 Å². The third kappa shape index (κ3) is 1.19. The molecule has 11 heavy (non-hydrogen) atoms. The zero-order valence-electron chi connectivity index (χ0n) is 6.25. The molecule has 58 valence electrons. The van der Waals surface area contributed by atoms with Gasteiger partial charge in [0.15, 0.2) is 0 Å². The number of hydrogen-bond donors (Lipinski definition) is 2. The Morgan fingerprint density at radius 1 is 1.64 bits per heavy atom. The normalized spacial score (nSPS) is 22.7. The van der Waals surface area contributed by atoms with E-state index in [4.69, 9.17) is 5.73 Å². The van der Waals surface area contributed by atoms with Crippen LogP contribution in [0.1, 0.15) is 18.2 Å². The van der Waals surface area contributed by atoms with Crippen LogP contribution >= 0.6 is 0 Å². The largest absolute Gasteiger partial charge is 0.399 e. The number of nitrogens with one attached hydrogen (secondary N) is 1. The van der Waals surface area contributed by atoms with Gasteiger partial charge in [0.2, 0.25) is 0 Å². The lowest BCUT2D eigenvalue weighted by Crippen LogP contribution is -2.35. The van der Waals surface area contributed by atoms with E-state index < -0.39 is 0 Å². The summed E-state index contributed by atoms with van der Waals surface area (Å²) in [5.41, 5.74) is 7.47. The standard InChI is InChI=1S/C8H11N3/c9-6-1-3-11-8(5-6)7-2-4-10-7/h1,3,5,7,10H,2,4H2,(H2,9,11). The van der Waals surface area contributed by atoms with E-state index in [2.05, 4.69) is 10.3 Å². The van der Waals surface area contributed by atoms with Crippen LogP contribution in [0.2, 0.25) is 0 Å². The second kappa shape index (κ2) is 2.51. The molecule has 1 aliphatic rings. The molecule has 3 nitrogen and oxygen atoms in total. The average Bonchev–Trinajstić information content (AvgIpc) is 1.83. The molecular formula is C8H11N3. The van der Waals surface area contributed by atoms with E-state index >= 15 is 0 Å². The van der Waals surface area contributed by atoms with E-state index in [0.717, 1.165) is 17.9 Å². The maximum absolute atomic E-state index is 5.61. The number of anilines is 1. The Bertz CT molecular complexity index is 255. The fourth-order valence-corrected chi connectivity index (χ4v) is 1.20. The van der Waals surface area contributed by atoms with Gasteiger partial charge in [-0.05, 0) is 25.1 Å². The SMILES string of the molecule is Nc1ccnc(C2CCN2)c1. The number of nitrogens with two attached hydrogens (primary N) is 1.